The van der Waals surface area contributed by atoms with Crippen LogP contribution in [0.25, 0.3) is 0 Å². The Morgan fingerprint density at radius 2 is 1.48 bits per heavy atom. The Balaban J connectivity index is 1.92. The molecule has 5 nitrogen and oxygen atoms in total. The zero-order valence-corrected chi connectivity index (χ0v) is 14.3. The third kappa shape index (κ3) is 9.56. The molecule has 0 unspecified atom stereocenters. The van der Waals surface area contributed by atoms with Crippen LogP contribution in [0.15, 0.2) is 24.3 Å². The largest absolute Gasteiger partial charge is 0.460 e. The molecule has 0 amide bonds. The molecule has 0 aliphatic heterocycles. The Morgan fingerprint density at radius 3 is 2.09 bits per heavy atom. The number of hydrogen-bond acceptors (Lipinski definition) is 5. The first-order valence-corrected chi connectivity index (χ1v) is 8.28. The van der Waals surface area contributed by atoms with E-state index in [-0.39, 0.29) is 6.61 Å². The lowest BCUT2D eigenvalue weighted by Gasteiger charge is -2.08. The van der Waals surface area contributed by atoms with Crippen LogP contribution in [-0.4, -0.2) is 52.2 Å². The summed E-state index contributed by atoms with van der Waals surface area (Å²) in [5.41, 5.74) is 0.362. The van der Waals surface area contributed by atoms with Gasteiger partial charge >= 0.3 is 5.97 Å². The Hall–Kier alpha value is -1.14. The second-order valence-corrected chi connectivity index (χ2v) is 5.21. The zero-order valence-electron chi connectivity index (χ0n) is 13.6. The van der Waals surface area contributed by atoms with E-state index in [1.807, 2.05) is 0 Å². The van der Waals surface area contributed by atoms with Gasteiger partial charge in [0.2, 0.25) is 0 Å². The van der Waals surface area contributed by atoms with Crippen molar-refractivity contribution in [3.8, 4) is 0 Å². The van der Waals surface area contributed by atoms with Crippen molar-refractivity contribution in [3.63, 3.8) is 0 Å². The summed E-state index contributed by atoms with van der Waals surface area (Å²) in [6.07, 6.45) is 2.21. The molecule has 0 fully saturated rings. The van der Waals surface area contributed by atoms with Gasteiger partial charge in [-0.05, 0) is 18.6 Å². The molecule has 1 rings (SSSR count). The number of rotatable bonds is 13. The highest BCUT2D eigenvalue weighted by Gasteiger charge is 2.10. The van der Waals surface area contributed by atoms with Gasteiger partial charge in [-0.15, -0.1) is 0 Å². The summed E-state index contributed by atoms with van der Waals surface area (Å²) in [7, 11) is 0. The van der Waals surface area contributed by atoms with E-state index in [9.17, 15) is 4.79 Å². The van der Waals surface area contributed by atoms with Crippen molar-refractivity contribution in [2.24, 2.45) is 0 Å². The lowest BCUT2D eigenvalue weighted by Crippen LogP contribution is -2.14. The fourth-order valence-electron chi connectivity index (χ4n) is 1.69. The van der Waals surface area contributed by atoms with Gasteiger partial charge in [-0.25, -0.2) is 4.79 Å². The number of carbonyl (C=O) groups is 1. The summed E-state index contributed by atoms with van der Waals surface area (Å²) >= 11 is 5.91. The molecule has 0 aliphatic carbocycles. The van der Waals surface area contributed by atoms with Gasteiger partial charge in [0.25, 0.3) is 0 Å². The molecular weight excluding hydrogens is 320 g/mol. The Kier molecular flexibility index (Phi) is 11.5. The highest BCUT2D eigenvalue weighted by Crippen LogP contribution is 2.15. The van der Waals surface area contributed by atoms with Crippen LogP contribution in [0.3, 0.4) is 0 Å². The molecule has 0 spiro atoms. The minimum absolute atomic E-state index is 0.185. The van der Waals surface area contributed by atoms with Crippen LogP contribution in [0.4, 0.5) is 0 Å². The zero-order chi connectivity index (χ0) is 16.8. The summed E-state index contributed by atoms with van der Waals surface area (Å²) in [6.45, 7) is 5.55. The monoisotopic (exact) mass is 344 g/mol. The van der Waals surface area contributed by atoms with E-state index < -0.39 is 5.97 Å². The maximum absolute atomic E-state index is 11.7. The number of benzene rings is 1. The Bertz CT molecular complexity index is 439. The molecule has 0 heterocycles. The fourth-order valence-corrected chi connectivity index (χ4v) is 1.90. The van der Waals surface area contributed by atoms with Crippen molar-refractivity contribution in [3.05, 3.63) is 34.9 Å². The van der Waals surface area contributed by atoms with E-state index in [0.29, 0.717) is 43.6 Å². The maximum Gasteiger partial charge on any atom is 0.339 e. The first-order chi connectivity index (χ1) is 11.3. The molecule has 6 heteroatoms. The van der Waals surface area contributed by atoms with Gasteiger partial charge in [0, 0.05) is 6.61 Å². The quantitative estimate of drug-likeness (QED) is 0.406. The van der Waals surface area contributed by atoms with Crippen LogP contribution < -0.4 is 0 Å². The second kappa shape index (κ2) is 13.3. The van der Waals surface area contributed by atoms with Crippen LogP contribution in [0.5, 0.6) is 0 Å². The lowest BCUT2D eigenvalue weighted by molar-refractivity contribution is 0.000293. The molecule has 0 radical (unpaired) electrons. The smallest absolute Gasteiger partial charge is 0.339 e. The van der Waals surface area contributed by atoms with E-state index in [2.05, 4.69) is 6.92 Å². The maximum atomic E-state index is 11.7. The van der Waals surface area contributed by atoms with Gasteiger partial charge < -0.3 is 18.9 Å². The molecule has 23 heavy (non-hydrogen) atoms. The summed E-state index contributed by atoms with van der Waals surface area (Å²) in [6, 6.07) is 6.78. The topological polar surface area (TPSA) is 54.0 Å². The second-order valence-electron chi connectivity index (χ2n) is 4.81. The van der Waals surface area contributed by atoms with Crippen LogP contribution in [0, 0.1) is 0 Å². The van der Waals surface area contributed by atoms with Crippen molar-refractivity contribution >= 4 is 17.6 Å². The summed E-state index contributed by atoms with van der Waals surface area (Å²) < 4.78 is 21.1. The molecule has 0 atom stereocenters. The highest BCUT2D eigenvalue weighted by molar-refractivity contribution is 6.33. The predicted molar refractivity (Wildman–Crippen MR) is 89.1 cm³/mol. The van der Waals surface area contributed by atoms with E-state index in [1.54, 1.807) is 24.3 Å². The number of halogens is 1. The minimum atomic E-state index is -0.445. The van der Waals surface area contributed by atoms with Gasteiger partial charge in [0.15, 0.2) is 0 Å². The first kappa shape index (κ1) is 19.9. The number of esters is 1. The molecule has 0 bridgehead atoms. The molecule has 1 aromatic carbocycles. The van der Waals surface area contributed by atoms with Crippen LogP contribution >= 0.6 is 11.6 Å². The van der Waals surface area contributed by atoms with E-state index in [1.165, 1.54) is 0 Å². The van der Waals surface area contributed by atoms with E-state index in [0.717, 1.165) is 19.4 Å². The Morgan fingerprint density at radius 1 is 0.913 bits per heavy atom. The Labute approximate surface area is 142 Å². The first-order valence-electron chi connectivity index (χ1n) is 7.90. The number of unbranched alkanes of at least 4 members (excludes halogenated alkanes) is 1. The van der Waals surface area contributed by atoms with Crippen LogP contribution in [0.1, 0.15) is 30.1 Å². The van der Waals surface area contributed by atoms with Crippen molar-refractivity contribution in [2.45, 2.75) is 19.8 Å². The summed E-state index contributed by atoms with van der Waals surface area (Å²) in [5, 5.41) is 0.382. The standard InChI is InChI=1S/C17H25ClO5/c1-2-3-8-20-9-10-21-11-12-22-13-14-23-17(19)15-6-4-5-7-16(15)18/h4-7H,2-3,8-14H2,1H3. The van der Waals surface area contributed by atoms with Gasteiger partial charge in [-0.3, -0.25) is 0 Å². The van der Waals surface area contributed by atoms with E-state index >= 15 is 0 Å². The van der Waals surface area contributed by atoms with Gasteiger partial charge in [-0.1, -0.05) is 37.1 Å². The predicted octanol–water partition coefficient (Wildman–Crippen LogP) is 3.35. The van der Waals surface area contributed by atoms with Crippen molar-refractivity contribution in [1.29, 1.82) is 0 Å². The SMILES string of the molecule is CCCCOCCOCCOCCOC(=O)c1ccccc1Cl. The van der Waals surface area contributed by atoms with Crippen molar-refractivity contribution in [1.82, 2.24) is 0 Å². The molecular formula is C17H25ClO5. The third-order valence-electron chi connectivity index (χ3n) is 2.94. The van der Waals surface area contributed by atoms with E-state index in [4.69, 9.17) is 30.5 Å². The number of hydrogen-bond donors (Lipinski definition) is 0. The molecule has 0 saturated heterocycles. The minimum Gasteiger partial charge on any atom is -0.460 e. The van der Waals surface area contributed by atoms with Crippen molar-refractivity contribution < 1.29 is 23.7 Å². The fraction of sp³-hybridized carbons (Fsp3) is 0.588. The lowest BCUT2D eigenvalue weighted by atomic mass is 10.2. The molecule has 0 N–H and O–H groups in total. The molecule has 0 saturated carbocycles. The van der Waals surface area contributed by atoms with Crippen LogP contribution in [-0.2, 0) is 18.9 Å². The van der Waals surface area contributed by atoms with Crippen molar-refractivity contribution in [2.75, 3.05) is 46.2 Å². The van der Waals surface area contributed by atoms with Gasteiger partial charge in [-0.2, -0.15) is 0 Å². The molecule has 0 aliphatic rings. The van der Waals surface area contributed by atoms with Gasteiger partial charge in [0.05, 0.1) is 43.6 Å². The molecule has 0 aromatic heterocycles. The summed E-state index contributed by atoms with van der Waals surface area (Å²) in [5.74, 6) is -0.445. The molecule has 130 valence electrons. The van der Waals surface area contributed by atoms with Crippen LogP contribution in [0.2, 0.25) is 5.02 Å². The average molecular weight is 345 g/mol. The highest BCUT2D eigenvalue weighted by atomic mass is 35.5. The summed E-state index contributed by atoms with van der Waals surface area (Å²) in [4.78, 5) is 11.7. The number of carbonyl (C=O) groups excluding carboxylic acids is 1. The normalized spacial score (nSPS) is 10.7. The number of ether oxygens (including phenoxy) is 4. The van der Waals surface area contributed by atoms with Gasteiger partial charge in [0.1, 0.15) is 6.61 Å². The average Bonchev–Trinajstić information content (AvgIpc) is 2.56. The third-order valence-corrected chi connectivity index (χ3v) is 3.27. The molecule has 1 aromatic rings.